The van der Waals surface area contributed by atoms with Crippen molar-refractivity contribution < 1.29 is 59.1 Å². The third kappa shape index (κ3) is 11.0. The van der Waals surface area contributed by atoms with E-state index in [0.717, 1.165) is 0 Å². The number of aromatic nitrogens is 2. The van der Waals surface area contributed by atoms with Crippen LogP contribution in [-0.2, 0) is 25.0 Å². The second kappa shape index (κ2) is 18.0. The van der Waals surface area contributed by atoms with Gasteiger partial charge in [0.15, 0.2) is 23.0 Å². The number of likely N-dealkylation sites (N-methyl/N-ethyl adjacent to an activating group) is 2. The minimum atomic E-state index is -4.82. The Morgan fingerprint density at radius 1 is 0.600 bits per heavy atom. The van der Waals surface area contributed by atoms with Gasteiger partial charge in [0.2, 0.25) is 11.5 Å². The zero-order valence-corrected chi connectivity index (χ0v) is 33.4. The van der Waals surface area contributed by atoms with Gasteiger partial charge in [0.1, 0.15) is 17.1 Å². The monoisotopic (exact) mass is 806 g/mol. The van der Waals surface area contributed by atoms with Crippen molar-refractivity contribution in [2.24, 2.45) is 0 Å². The van der Waals surface area contributed by atoms with Gasteiger partial charge in [-0.15, -0.1) is 0 Å². The van der Waals surface area contributed by atoms with Crippen LogP contribution in [0.15, 0.2) is 60.9 Å². The number of nitrogens with zero attached hydrogens (tertiary/aromatic N) is 4. The molecule has 0 spiro atoms. The Hall–Kier alpha value is -5.08. The minimum Gasteiger partial charge on any atom is -0.493 e. The molecule has 55 heavy (non-hydrogen) atoms. The molecule has 17 nitrogen and oxygen atoms in total. The number of methoxy groups -OCH3 is 6. The predicted molar refractivity (Wildman–Crippen MR) is 207 cm³/mol. The second-order valence-corrected chi connectivity index (χ2v) is 15.3. The van der Waals surface area contributed by atoms with Gasteiger partial charge in [0, 0.05) is 38.3 Å². The Morgan fingerprint density at radius 2 is 0.982 bits per heavy atom. The Labute approximate surface area is 321 Å². The number of benzene rings is 2. The summed E-state index contributed by atoms with van der Waals surface area (Å²) in [7, 11) is 2.68. The third-order valence-electron chi connectivity index (χ3n) is 8.55. The lowest BCUT2D eigenvalue weighted by Gasteiger charge is -2.36. The number of hydrogen-bond acceptors (Lipinski definition) is 15. The maximum Gasteiger partial charge on any atom is 0.267 e. The van der Waals surface area contributed by atoms with Crippen LogP contribution in [0.5, 0.6) is 34.5 Å². The summed E-state index contributed by atoms with van der Waals surface area (Å²) in [6, 6.07) is 13.9. The Kier molecular flexibility index (Phi) is 14.0. The number of ether oxygens (including phenoxy) is 7. The smallest absolute Gasteiger partial charge is 0.267 e. The van der Waals surface area contributed by atoms with Crippen LogP contribution in [0.2, 0.25) is 0 Å². The number of hydrogen-bond donors (Lipinski definition) is 2. The summed E-state index contributed by atoms with van der Waals surface area (Å²) < 4.78 is 108. The quantitative estimate of drug-likeness (QED) is 0.121. The summed E-state index contributed by atoms with van der Waals surface area (Å²) in [6.45, 7) is -0.451. The molecule has 2 aromatic heterocycles. The van der Waals surface area contributed by atoms with E-state index in [2.05, 4.69) is 9.97 Å². The van der Waals surface area contributed by atoms with Crippen molar-refractivity contribution in [1.82, 2.24) is 9.97 Å². The van der Waals surface area contributed by atoms with Gasteiger partial charge in [-0.3, -0.25) is 19.1 Å². The topological polar surface area (TPSA) is 206 Å². The van der Waals surface area contributed by atoms with Crippen LogP contribution in [0.25, 0.3) is 22.5 Å². The zero-order chi connectivity index (χ0) is 40.6. The molecule has 0 fully saturated rings. The van der Waals surface area contributed by atoms with Crippen molar-refractivity contribution in [3.05, 3.63) is 60.9 Å². The van der Waals surface area contributed by atoms with Crippen molar-refractivity contribution >= 4 is 31.6 Å². The highest BCUT2D eigenvalue weighted by atomic mass is 32.2. The molecule has 4 rings (SSSR count). The Morgan fingerprint density at radius 3 is 1.29 bits per heavy atom. The van der Waals surface area contributed by atoms with Gasteiger partial charge in [-0.05, 0) is 48.5 Å². The van der Waals surface area contributed by atoms with Crippen LogP contribution < -0.4 is 38.2 Å². The molecule has 300 valence electrons. The third-order valence-corrected chi connectivity index (χ3v) is 10.3. The highest BCUT2D eigenvalue weighted by Crippen LogP contribution is 2.42. The van der Waals surface area contributed by atoms with E-state index < -0.39 is 37.3 Å². The lowest BCUT2D eigenvalue weighted by Crippen LogP contribution is -2.54. The standard InChI is InChI=1S/C36H46N4O13S2/c1-39(26-9-11-28(37-19-26)24-15-30(47-3)34(51-7)31(16-24)48-4)13-14-53-36(22-54(41,42)43,23-55(44,45)46)21-40(2)27-10-12-29(38-20-27)25-17-32(49-5)35(52-8)33(18-25)50-6/h9-12,15-20H,13-14,21-23H2,1-8H3,(H,41,42,43)(H,44,45,46). The number of rotatable bonds is 20. The molecule has 2 N–H and O–H groups in total. The van der Waals surface area contributed by atoms with Gasteiger partial charge < -0.3 is 43.0 Å². The van der Waals surface area contributed by atoms with Gasteiger partial charge in [0.25, 0.3) is 20.2 Å². The lowest BCUT2D eigenvalue weighted by molar-refractivity contribution is -0.00315. The molecule has 0 aliphatic rings. The fourth-order valence-corrected chi connectivity index (χ4v) is 8.01. The molecule has 0 atom stereocenters. The highest BCUT2D eigenvalue weighted by molar-refractivity contribution is 7.86. The normalized spacial score (nSPS) is 11.8. The molecule has 2 aromatic carbocycles. The van der Waals surface area contributed by atoms with Crippen LogP contribution in [-0.4, -0.2) is 129 Å². The largest absolute Gasteiger partial charge is 0.493 e. The van der Waals surface area contributed by atoms with Crippen LogP contribution in [0.1, 0.15) is 0 Å². The molecule has 0 aliphatic heterocycles. The van der Waals surface area contributed by atoms with Crippen LogP contribution >= 0.6 is 0 Å². The first-order chi connectivity index (χ1) is 26.0. The van der Waals surface area contributed by atoms with Crippen LogP contribution in [0.3, 0.4) is 0 Å². The summed E-state index contributed by atoms with van der Waals surface area (Å²) in [6.07, 6.45) is 3.11. The van der Waals surface area contributed by atoms with Gasteiger partial charge in [0.05, 0.1) is 84.4 Å². The van der Waals surface area contributed by atoms with Gasteiger partial charge >= 0.3 is 0 Å². The lowest BCUT2D eigenvalue weighted by atomic mass is 10.1. The molecular formula is C36H46N4O13S2. The van der Waals surface area contributed by atoms with E-state index in [1.165, 1.54) is 53.8 Å². The van der Waals surface area contributed by atoms with Crippen molar-refractivity contribution in [3.8, 4) is 57.0 Å². The average molecular weight is 807 g/mol. The van der Waals surface area contributed by atoms with E-state index in [1.807, 2.05) is 0 Å². The maximum atomic E-state index is 12.3. The van der Waals surface area contributed by atoms with Gasteiger partial charge in [-0.25, -0.2) is 0 Å². The number of pyridine rings is 2. The molecule has 4 aromatic rings. The second-order valence-electron chi connectivity index (χ2n) is 12.4. The summed E-state index contributed by atoms with van der Waals surface area (Å²) in [4.78, 5) is 12.4. The summed E-state index contributed by atoms with van der Waals surface area (Å²) in [5.74, 6) is 0.365. The first kappa shape index (κ1) is 42.7. The summed E-state index contributed by atoms with van der Waals surface area (Å²) in [5.41, 5.74) is 1.50. The van der Waals surface area contributed by atoms with Gasteiger partial charge in [-0.1, -0.05) is 0 Å². The molecule has 19 heteroatoms. The van der Waals surface area contributed by atoms with E-state index >= 15 is 0 Å². The highest BCUT2D eigenvalue weighted by Gasteiger charge is 2.42. The molecule has 0 saturated heterocycles. The fraction of sp³-hybridized carbons (Fsp3) is 0.389. The first-order valence-corrected chi connectivity index (χ1v) is 19.7. The maximum absolute atomic E-state index is 12.3. The summed E-state index contributed by atoms with van der Waals surface area (Å²) in [5, 5.41) is 0. The van der Waals surface area contributed by atoms with E-state index in [0.29, 0.717) is 68.4 Å². The minimum absolute atomic E-state index is 0.138. The van der Waals surface area contributed by atoms with Crippen molar-refractivity contribution in [2.45, 2.75) is 5.60 Å². The SMILES string of the molecule is COc1cc(-c2ccc(N(C)CCOC(CN(C)c3ccc(-c4cc(OC)c(OC)c(OC)c4)nc3)(CS(=O)(=O)O)CS(=O)(=O)O)cn2)cc(OC)c1OC. The Balaban J connectivity index is 1.55. The number of anilines is 2. The summed E-state index contributed by atoms with van der Waals surface area (Å²) >= 11 is 0. The van der Waals surface area contributed by atoms with E-state index in [-0.39, 0.29) is 19.7 Å². The van der Waals surface area contributed by atoms with E-state index in [4.69, 9.17) is 33.2 Å². The van der Waals surface area contributed by atoms with Crippen molar-refractivity contribution in [2.75, 3.05) is 97.8 Å². The van der Waals surface area contributed by atoms with Crippen LogP contribution in [0, 0.1) is 0 Å². The van der Waals surface area contributed by atoms with Crippen molar-refractivity contribution in [3.63, 3.8) is 0 Å². The molecule has 2 heterocycles. The average Bonchev–Trinajstić information content (AvgIpc) is 3.15. The molecule has 0 unspecified atom stereocenters. The molecule has 0 bridgehead atoms. The zero-order valence-electron chi connectivity index (χ0n) is 31.8. The molecule has 0 saturated carbocycles. The molecule has 0 aliphatic carbocycles. The van der Waals surface area contributed by atoms with Crippen molar-refractivity contribution in [1.29, 1.82) is 0 Å². The van der Waals surface area contributed by atoms with E-state index in [9.17, 15) is 25.9 Å². The molecule has 0 radical (unpaired) electrons. The van der Waals surface area contributed by atoms with Gasteiger partial charge in [-0.2, -0.15) is 16.8 Å². The Bertz CT molecular complexity index is 2050. The van der Waals surface area contributed by atoms with Crippen LogP contribution in [0.4, 0.5) is 11.4 Å². The predicted octanol–water partition coefficient (Wildman–Crippen LogP) is 3.97. The molecular weight excluding hydrogens is 761 g/mol. The fourth-order valence-electron chi connectivity index (χ4n) is 6.00. The van der Waals surface area contributed by atoms with E-state index in [1.54, 1.807) is 73.7 Å². The molecule has 0 amide bonds. The first-order valence-electron chi connectivity index (χ1n) is 16.5.